The van der Waals surface area contributed by atoms with E-state index in [4.69, 9.17) is 4.43 Å². The van der Waals surface area contributed by atoms with Crippen LogP contribution in [0.4, 0.5) is 0 Å². The first kappa shape index (κ1) is 12.7. The highest BCUT2D eigenvalue weighted by molar-refractivity contribution is 5.98. The van der Waals surface area contributed by atoms with Crippen LogP contribution in [0.3, 0.4) is 0 Å². The Morgan fingerprint density at radius 3 is 1.94 bits per heavy atom. The Hall–Kier alpha value is -0.343. The van der Waals surface area contributed by atoms with Gasteiger partial charge < -0.3 is 4.43 Å². The first-order chi connectivity index (χ1) is 8.88. The van der Waals surface area contributed by atoms with Crippen LogP contribution in [0.15, 0.2) is 23.8 Å². The summed E-state index contributed by atoms with van der Waals surface area (Å²) >= 11 is 0. The summed E-state index contributed by atoms with van der Waals surface area (Å²) in [6.07, 6.45) is 19.4. The van der Waals surface area contributed by atoms with Gasteiger partial charge in [0.2, 0.25) is 0 Å². The molecule has 0 radical (unpaired) electrons. The van der Waals surface area contributed by atoms with Crippen molar-refractivity contribution in [1.82, 2.24) is 0 Å². The molecule has 0 spiro atoms. The highest BCUT2D eigenvalue weighted by Crippen LogP contribution is 2.51. The van der Waals surface area contributed by atoms with E-state index in [9.17, 15) is 0 Å². The lowest BCUT2D eigenvalue weighted by molar-refractivity contribution is -0.00310. The zero-order valence-corrected chi connectivity index (χ0v) is 13.7. The van der Waals surface area contributed by atoms with Crippen molar-refractivity contribution in [2.75, 3.05) is 0 Å². The van der Waals surface area contributed by atoms with Crippen LogP contribution in [0.5, 0.6) is 0 Å². The molecular formula is C16H26OSi. The third-order valence-electron chi connectivity index (χ3n) is 5.53. The topological polar surface area (TPSA) is 9.23 Å². The SMILES string of the molecule is [SiH3]OC(C1=CC=CC1)(C1CCCC1)C1CCCC1. The van der Waals surface area contributed by atoms with Crippen LogP contribution in [0.1, 0.15) is 57.8 Å². The molecule has 2 saturated carbocycles. The summed E-state index contributed by atoms with van der Waals surface area (Å²) in [5, 5.41) is 0. The molecule has 0 aliphatic heterocycles. The van der Waals surface area contributed by atoms with E-state index in [0.29, 0.717) is 0 Å². The van der Waals surface area contributed by atoms with E-state index < -0.39 is 0 Å². The molecule has 100 valence electrons. The molecule has 0 aromatic heterocycles. The van der Waals surface area contributed by atoms with Gasteiger partial charge in [0.15, 0.2) is 0 Å². The third-order valence-corrected chi connectivity index (χ3v) is 6.21. The van der Waals surface area contributed by atoms with Gasteiger partial charge in [-0.3, -0.25) is 0 Å². The predicted molar refractivity (Wildman–Crippen MR) is 79.5 cm³/mol. The van der Waals surface area contributed by atoms with Crippen LogP contribution in [0.2, 0.25) is 0 Å². The van der Waals surface area contributed by atoms with Crippen LogP contribution in [-0.4, -0.2) is 16.1 Å². The van der Waals surface area contributed by atoms with E-state index in [-0.39, 0.29) is 5.60 Å². The normalized spacial score (nSPS) is 26.3. The second kappa shape index (κ2) is 5.34. The minimum atomic E-state index is 0.142. The molecule has 0 N–H and O–H groups in total. The lowest BCUT2D eigenvalue weighted by Crippen LogP contribution is -2.47. The van der Waals surface area contributed by atoms with E-state index >= 15 is 0 Å². The predicted octanol–water partition coefficient (Wildman–Crippen LogP) is 3.29. The average molecular weight is 262 g/mol. The van der Waals surface area contributed by atoms with Gasteiger partial charge in [0.05, 0.1) is 5.60 Å². The fourth-order valence-electron chi connectivity index (χ4n) is 4.77. The maximum Gasteiger partial charge on any atom is 0.147 e. The Bertz CT molecular complexity index is 330. The molecule has 0 heterocycles. The highest BCUT2D eigenvalue weighted by Gasteiger charge is 2.49. The third kappa shape index (κ3) is 1.94. The van der Waals surface area contributed by atoms with Crippen molar-refractivity contribution in [2.24, 2.45) is 11.8 Å². The molecule has 0 saturated heterocycles. The summed E-state index contributed by atoms with van der Waals surface area (Å²) in [5.41, 5.74) is 1.75. The Balaban J connectivity index is 1.93. The summed E-state index contributed by atoms with van der Waals surface area (Å²) < 4.78 is 6.42. The molecule has 0 unspecified atom stereocenters. The molecule has 3 aliphatic rings. The maximum atomic E-state index is 6.42. The number of hydrogen-bond acceptors (Lipinski definition) is 1. The van der Waals surface area contributed by atoms with E-state index in [1.54, 1.807) is 5.57 Å². The van der Waals surface area contributed by atoms with Crippen molar-refractivity contribution in [1.29, 1.82) is 0 Å². The van der Waals surface area contributed by atoms with Crippen molar-refractivity contribution in [3.63, 3.8) is 0 Å². The quantitative estimate of drug-likeness (QED) is 0.707. The van der Waals surface area contributed by atoms with Crippen molar-refractivity contribution < 1.29 is 4.43 Å². The fourth-order valence-corrected chi connectivity index (χ4v) is 5.70. The minimum absolute atomic E-state index is 0.142. The first-order valence-corrected chi connectivity index (χ1v) is 8.61. The molecule has 0 amide bonds. The average Bonchev–Trinajstić information content (AvgIpc) is 3.16. The van der Waals surface area contributed by atoms with E-state index in [0.717, 1.165) is 28.7 Å². The molecule has 0 bridgehead atoms. The lowest BCUT2D eigenvalue weighted by Gasteiger charge is -2.45. The molecule has 18 heavy (non-hydrogen) atoms. The van der Waals surface area contributed by atoms with Crippen molar-refractivity contribution in [3.05, 3.63) is 23.8 Å². The molecule has 3 aliphatic carbocycles. The molecule has 0 aromatic carbocycles. The van der Waals surface area contributed by atoms with Crippen molar-refractivity contribution in [2.45, 2.75) is 63.4 Å². The van der Waals surface area contributed by atoms with Crippen LogP contribution in [0, 0.1) is 11.8 Å². The Labute approximate surface area is 114 Å². The van der Waals surface area contributed by atoms with E-state index in [2.05, 4.69) is 18.2 Å². The Morgan fingerprint density at radius 2 is 1.56 bits per heavy atom. The Kier molecular flexibility index (Phi) is 3.76. The Morgan fingerprint density at radius 1 is 1.00 bits per heavy atom. The number of hydrogen-bond donors (Lipinski definition) is 0. The van der Waals surface area contributed by atoms with Gasteiger partial charge in [-0.2, -0.15) is 0 Å². The van der Waals surface area contributed by atoms with Gasteiger partial charge in [-0.15, -0.1) is 0 Å². The largest absolute Gasteiger partial charge is 0.418 e. The van der Waals surface area contributed by atoms with Crippen molar-refractivity contribution >= 4 is 10.5 Å². The fraction of sp³-hybridized carbons (Fsp3) is 0.750. The molecule has 0 aromatic rings. The van der Waals surface area contributed by atoms with Crippen LogP contribution >= 0.6 is 0 Å². The van der Waals surface area contributed by atoms with Gasteiger partial charge in [0, 0.05) is 0 Å². The second-order valence-electron chi connectivity index (χ2n) is 6.28. The summed E-state index contributed by atoms with van der Waals surface area (Å²) in [5.74, 6) is 1.62. The van der Waals surface area contributed by atoms with E-state index in [1.165, 1.54) is 51.4 Å². The maximum absolute atomic E-state index is 6.42. The number of rotatable bonds is 4. The molecule has 0 atom stereocenters. The van der Waals surface area contributed by atoms with Crippen LogP contribution in [0.25, 0.3) is 0 Å². The summed E-state index contributed by atoms with van der Waals surface area (Å²) in [4.78, 5) is 0. The van der Waals surface area contributed by atoms with Gasteiger partial charge in [0.25, 0.3) is 0 Å². The smallest absolute Gasteiger partial charge is 0.147 e. The summed E-state index contributed by atoms with van der Waals surface area (Å²) in [6, 6.07) is 0. The molecule has 3 rings (SSSR count). The van der Waals surface area contributed by atoms with E-state index in [1.807, 2.05) is 0 Å². The van der Waals surface area contributed by atoms with Gasteiger partial charge in [-0.05, 0) is 49.5 Å². The number of allylic oxidation sites excluding steroid dienone is 3. The van der Waals surface area contributed by atoms with Gasteiger partial charge >= 0.3 is 0 Å². The summed E-state index contributed by atoms with van der Waals surface area (Å²) in [6.45, 7) is 0. The second-order valence-corrected chi connectivity index (χ2v) is 6.69. The van der Waals surface area contributed by atoms with Gasteiger partial charge in [-0.25, -0.2) is 0 Å². The standard InChI is InChI=1S/C16H26OSi/c18-17-16(13-7-1-2-8-13,14-9-3-4-10-14)15-11-5-6-12-15/h1-2,7,14-15H,3-6,8-12H2,18H3. The summed E-state index contributed by atoms with van der Waals surface area (Å²) in [7, 11) is 0.882. The molecule has 2 heteroatoms. The molecule has 1 nitrogen and oxygen atoms in total. The lowest BCUT2D eigenvalue weighted by atomic mass is 9.70. The minimum Gasteiger partial charge on any atom is -0.418 e. The first-order valence-electron chi connectivity index (χ1n) is 7.79. The monoisotopic (exact) mass is 262 g/mol. The molecule has 2 fully saturated rings. The van der Waals surface area contributed by atoms with Crippen LogP contribution < -0.4 is 0 Å². The zero-order chi connectivity index (χ0) is 12.4. The zero-order valence-electron chi connectivity index (χ0n) is 11.7. The highest BCUT2D eigenvalue weighted by atomic mass is 28.2. The van der Waals surface area contributed by atoms with Crippen molar-refractivity contribution in [3.8, 4) is 0 Å². The van der Waals surface area contributed by atoms with Crippen LogP contribution in [-0.2, 0) is 4.43 Å². The molecular weight excluding hydrogens is 236 g/mol. The van der Waals surface area contributed by atoms with Gasteiger partial charge in [-0.1, -0.05) is 43.9 Å². The van der Waals surface area contributed by atoms with Gasteiger partial charge in [0.1, 0.15) is 10.5 Å².